The molecule has 0 bridgehead atoms. The van der Waals surface area contributed by atoms with Crippen molar-refractivity contribution in [3.8, 4) is 5.75 Å². The lowest BCUT2D eigenvalue weighted by molar-refractivity contribution is 0.0766. The molecule has 1 aromatic rings. The maximum absolute atomic E-state index is 12.1. The minimum absolute atomic E-state index is 0.0568. The number of carbonyl (C=O) groups excluding carboxylic acids is 1. The molecular weight excluding hydrogens is 216 g/mol. The molecular formula is C13H18N2O2. The topological polar surface area (TPSA) is 41.6 Å². The number of methoxy groups -OCH3 is 1. The van der Waals surface area contributed by atoms with E-state index in [1.165, 1.54) is 0 Å². The first-order valence-corrected chi connectivity index (χ1v) is 5.83. The van der Waals surface area contributed by atoms with Crippen LogP contribution in [0.15, 0.2) is 24.3 Å². The normalized spacial score (nSPS) is 18.4. The summed E-state index contributed by atoms with van der Waals surface area (Å²) < 4.78 is 5.07. The zero-order valence-corrected chi connectivity index (χ0v) is 10.3. The molecule has 0 spiro atoms. The van der Waals surface area contributed by atoms with Gasteiger partial charge in [0.25, 0.3) is 5.91 Å². The predicted octanol–water partition coefficient (Wildman–Crippen LogP) is 1.13. The molecule has 1 heterocycles. The number of ether oxygens (including phenoxy) is 1. The third kappa shape index (κ3) is 2.77. The van der Waals surface area contributed by atoms with Crippen LogP contribution in [0.4, 0.5) is 0 Å². The van der Waals surface area contributed by atoms with Crippen LogP contribution >= 0.6 is 0 Å². The van der Waals surface area contributed by atoms with Crippen LogP contribution in [-0.4, -0.2) is 44.1 Å². The lowest BCUT2D eigenvalue weighted by Crippen LogP contribution is -2.50. The third-order valence-electron chi connectivity index (χ3n) is 3.10. The zero-order valence-electron chi connectivity index (χ0n) is 10.3. The molecule has 1 unspecified atom stereocenters. The van der Waals surface area contributed by atoms with Crippen molar-refractivity contribution >= 4 is 5.91 Å². The number of nitrogens with one attached hydrogen (secondary N) is 1. The Balaban J connectivity index is 1.96. The van der Waals surface area contributed by atoms with Gasteiger partial charge >= 0.3 is 0 Å². The molecule has 17 heavy (non-hydrogen) atoms. The van der Waals surface area contributed by atoms with Gasteiger partial charge in [0.2, 0.25) is 0 Å². The molecule has 1 atom stereocenters. The number of nitrogens with zero attached hydrogens (tertiary/aromatic N) is 1. The van der Waals surface area contributed by atoms with E-state index in [1.807, 2.05) is 19.2 Å². The van der Waals surface area contributed by atoms with E-state index in [4.69, 9.17) is 4.74 Å². The first-order valence-electron chi connectivity index (χ1n) is 5.83. The van der Waals surface area contributed by atoms with Crippen molar-refractivity contribution in [3.05, 3.63) is 29.8 Å². The fraction of sp³-hybridized carbons (Fsp3) is 0.462. The second-order valence-electron chi connectivity index (χ2n) is 4.35. The Bertz CT molecular complexity index is 385. The fourth-order valence-corrected chi connectivity index (χ4v) is 1.87. The van der Waals surface area contributed by atoms with Gasteiger partial charge in [-0.15, -0.1) is 0 Å². The number of benzene rings is 1. The van der Waals surface area contributed by atoms with Gasteiger partial charge in [-0.25, -0.2) is 0 Å². The molecule has 2 rings (SSSR count). The van der Waals surface area contributed by atoms with Crippen LogP contribution in [0.25, 0.3) is 0 Å². The number of carbonyl (C=O) groups is 1. The highest BCUT2D eigenvalue weighted by atomic mass is 16.5. The van der Waals surface area contributed by atoms with E-state index in [-0.39, 0.29) is 5.91 Å². The van der Waals surface area contributed by atoms with Crippen molar-refractivity contribution in [1.29, 1.82) is 0 Å². The van der Waals surface area contributed by atoms with Gasteiger partial charge in [-0.05, 0) is 37.2 Å². The molecule has 4 heteroatoms. The molecule has 0 aromatic heterocycles. The SMILES string of the molecule is COc1ccc(C(=O)N(C)CC2CCN2)cc1. The smallest absolute Gasteiger partial charge is 0.253 e. The van der Waals surface area contributed by atoms with E-state index in [2.05, 4.69) is 5.32 Å². The van der Waals surface area contributed by atoms with Gasteiger partial charge in [0.15, 0.2) is 0 Å². The Morgan fingerprint density at radius 3 is 2.59 bits per heavy atom. The van der Waals surface area contributed by atoms with Crippen molar-refractivity contribution in [2.24, 2.45) is 0 Å². The molecule has 1 N–H and O–H groups in total. The standard InChI is InChI=1S/C13H18N2O2/c1-15(9-11-7-8-14-11)13(16)10-3-5-12(17-2)6-4-10/h3-6,11,14H,7-9H2,1-2H3. The summed E-state index contributed by atoms with van der Waals surface area (Å²) in [6, 6.07) is 7.67. The van der Waals surface area contributed by atoms with Gasteiger partial charge < -0.3 is 15.0 Å². The summed E-state index contributed by atoms with van der Waals surface area (Å²) in [6.07, 6.45) is 1.15. The summed E-state index contributed by atoms with van der Waals surface area (Å²) in [5.41, 5.74) is 0.702. The minimum atomic E-state index is 0.0568. The number of rotatable bonds is 4. The first-order chi connectivity index (χ1) is 8.20. The van der Waals surface area contributed by atoms with Crippen molar-refractivity contribution < 1.29 is 9.53 Å². The van der Waals surface area contributed by atoms with Crippen LogP contribution in [0, 0.1) is 0 Å². The van der Waals surface area contributed by atoms with E-state index in [9.17, 15) is 4.79 Å². The van der Waals surface area contributed by atoms with E-state index in [0.717, 1.165) is 25.3 Å². The van der Waals surface area contributed by atoms with Crippen LogP contribution in [0.1, 0.15) is 16.8 Å². The molecule has 0 radical (unpaired) electrons. The van der Waals surface area contributed by atoms with Gasteiger partial charge in [-0.3, -0.25) is 4.79 Å². The van der Waals surface area contributed by atoms with Crippen LogP contribution in [0.5, 0.6) is 5.75 Å². The van der Waals surface area contributed by atoms with Crippen LogP contribution in [-0.2, 0) is 0 Å². The molecule has 1 aromatic carbocycles. The summed E-state index contributed by atoms with van der Waals surface area (Å²) in [5.74, 6) is 0.825. The van der Waals surface area contributed by atoms with Gasteiger partial charge in [-0.1, -0.05) is 0 Å². The summed E-state index contributed by atoms with van der Waals surface area (Å²) in [7, 11) is 3.46. The van der Waals surface area contributed by atoms with Crippen molar-refractivity contribution in [2.75, 3.05) is 27.2 Å². The molecule has 4 nitrogen and oxygen atoms in total. The maximum Gasteiger partial charge on any atom is 0.253 e. The lowest BCUT2D eigenvalue weighted by Gasteiger charge is -2.31. The predicted molar refractivity (Wildman–Crippen MR) is 66.4 cm³/mol. The summed E-state index contributed by atoms with van der Waals surface area (Å²) >= 11 is 0. The lowest BCUT2D eigenvalue weighted by atomic mass is 10.1. The molecule has 0 aliphatic carbocycles. The number of amides is 1. The van der Waals surface area contributed by atoms with Crippen LogP contribution < -0.4 is 10.1 Å². The highest BCUT2D eigenvalue weighted by Gasteiger charge is 2.21. The number of hydrogen-bond acceptors (Lipinski definition) is 3. The largest absolute Gasteiger partial charge is 0.497 e. The zero-order chi connectivity index (χ0) is 12.3. The second-order valence-corrected chi connectivity index (χ2v) is 4.35. The van der Waals surface area contributed by atoms with Crippen LogP contribution in [0.2, 0.25) is 0 Å². The Morgan fingerprint density at radius 1 is 1.47 bits per heavy atom. The molecule has 1 aliphatic heterocycles. The highest BCUT2D eigenvalue weighted by Crippen LogP contribution is 2.13. The van der Waals surface area contributed by atoms with Gasteiger partial charge in [0.05, 0.1) is 7.11 Å². The first kappa shape index (κ1) is 11.9. The van der Waals surface area contributed by atoms with Gasteiger partial charge in [0, 0.05) is 25.2 Å². The maximum atomic E-state index is 12.1. The summed E-state index contributed by atoms with van der Waals surface area (Å²) in [5, 5.41) is 3.29. The highest BCUT2D eigenvalue weighted by molar-refractivity contribution is 5.94. The molecule has 1 aliphatic rings. The average molecular weight is 234 g/mol. The fourth-order valence-electron chi connectivity index (χ4n) is 1.87. The monoisotopic (exact) mass is 234 g/mol. The molecule has 0 saturated carbocycles. The molecule has 1 saturated heterocycles. The Morgan fingerprint density at radius 2 is 2.12 bits per heavy atom. The Hall–Kier alpha value is -1.55. The van der Waals surface area contributed by atoms with Crippen molar-refractivity contribution in [2.45, 2.75) is 12.5 Å². The van der Waals surface area contributed by atoms with Crippen molar-refractivity contribution in [1.82, 2.24) is 10.2 Å². The number of hydrogen-bond donors (Lipinski definition) is 1. The second kappa shape index (κ2) is 5.19. The van der Waals surface area contributed by atoms with E-state index in [1.54, 1.807) is 24.1 Å². The average Bonchev–Trinajstić information content (AvgIpc) is 2.32. The quantitative estimate of drug-likeness (QED) is 0.849. The van der Waals surface area contributed by atoms with E-state index in [0.29, 0.717) is 11.6 Å². The van der Waals surface area contributed by atoms with Crippen molar-refractivity contribution in [3.63, 3.8) is 0 Å². The summed E-state index contributed by atoms with van der Waals surface area (Å²) in [4.78, 5) is 13.8. The Labute approximate surface area is 102 Å². The molecule has 92 valence electrons. The molecule has 1 amide bonds. The number of likely N-dealkylation sites (N-methyl/N-ethyl adjacent to an activating group) is 1. The van der Waals surface area contributed by atoms with Gasteiger partial charge in [-0.2, -0.15) is 0 Å². The Kier molecular flexibility index (Phi) is 3.64. The summed E-state index contributed by atoms with van der Waals surface area (Å²) in [6.45, 7) is 1.83. The van der Waals surface area contributed by atoms with E-state index < -0.39 is 0 Å². The van der Waals surface area contributed by atoms with Gasteiger partial charge in [0.1, 0.15) is 5.75 Å². The third-order valence-corrected chi connectivity index (χ3v) is 3.10. The molecule has 1 fully saturated rings. The minimum Gasteiger partial charge on any atom is -0.497 e. The van der Waals surface area contributed by atoms with Crippen LogP contribution in [0.3, 0.4) is 0 Å². The van der Waals surface area contributed by atoms with E-state index >= 15 is 0 Å².